The summed E-state index contributed by atoms with van der Waals surface area (Å²) in [6.07, 6.45) is 10.9. The molecule has 2 atom stereocenters. The molecule has 0 amide bonds. The number of carboxylic acid groups (broad SMARTS) is 2. The lowest BCUT2D eigenvalue weighted by atomic mass is 9.97. The zero-order valence-corrected chi connectivity index (χ0v) is 20.6. The summed E-state index contributed by atoms with van der Waals surface area (Å²) in [4.78, 5) is 25.3. The highest BCUT2D eigenvalue weighted by atomic mass is 16.7. The molecule has 1 rings (SSSR count). The monoisotopic (exact) mass is 465 g/mol. The number of ether oxygens (including phenoxy) is 2. The van der Waals surface area contributed by atoms with E-state index in [1.54, 1.807) is 14.2 Å². The van der Waals surface area contributed by atoms with Crippen LogP contribution in [0.1, 0.15) is 84.0 Å². The average Bonchev–Trinajstić information content (AvgIpc) is 2.80. The van der Waals surface area contributed by atoms with Crippen molar-refractivity contribution in [2.24, 2.45) is 0 Å². The molecule has 0 aliphatic carbocycles. The Labute approximate surface area is 199 Å². The molecule has 1 aromatic carbocycles. The highest BCUT2D eigenvalue weighted by Crippen LogP contribution is 2.27. The smallest absolute Gasteiger partial charge is 0.326 e. The van der Waals surface area contributed by atoms with Crippen molar-refractivity contribution >= 4 is 17.6 Å². The summed E-state index contributed by atoms with van der Waals surface area (Å²) in [7, 11) is 3.33. The lowest BCUT2D eigenvalue weighted by Gasteiger charge is -2.38. The summed E-state index contributed by atoms with van der Waals surface area (Å²) >= 11 is 0. The molecule has 1 unspecified atom stereocenters. The van der Waals surface area contributed by atoms with E-state index in [9.17, 15) is 19.8 Å². The van der Waals surface area contributed by atoms with Gasteiger partial charge in [-0.15, -0.1) is 0 Å². The van der Waals surface area contributed by atoms with Gasteiger partial charge in [-0.1, -0.05) is 70.1 Å². The molecule has 0 aliphatic heterocycles. The summed E-state index contributed by atoms with van der Waals surface area (Å²) in [6.45, 7) is 2.08. The topological polar surface area (TPSA) is 96.3 Å². The van der Waals surface area contributed by atoms with Gasteiger partial charge in [-0.2, -0.15) is 0 Å². The van der Waals surface area contributed by atoms with Crippen LogP contribution in [0.2, 0.25) is 0 Å². The number of nitrogens with zero attached hydrogens (tertiary/aromatic N) is 1. The zero-order valence-electron chi connectivity index (χ0n) is 20.6. The van der Waals surface area contributed by atoms with Gasteiger partial charge in [-0.05, 0) is 37.8 Å². The van der Waals surface area contributed by atoms with Gasteiger partial charge in [0.05, 0.1) is 6.42 Å². The maximum Gasteiger partial charge on any atom is 0.326 e. The largest absolute Gasteiger partial charge is 0.481 e. The van der Waals surface area contributed by atoms with Gasteiger partial charge in [0.1, 0.15) is 6.04 Å². The molecule has 7 nitrogen and oxygen atoms in total. The van der Waals surface area contributed by atoms with Crippen LogP contribution in [0, 0.1) is 0 Å². The molecule has 0 saturated carbocycles. The molecule has 0 spiro atoms. The second-order valence-corrected chi connectivity index (χ2v) is 8.59. The SMILES string of the molecule is CCCC(CCCCCCCCCC(OC)OC)N(c1ccccc1)[C@@H](CC(=O)O)C(=O)O. The second-order valence-electron chi connectivity index (χ2n) is 8.59. The summed E-state index contributed by atoms with van der Waals surface area (Å²) in [5, 5.41) is 19.2. The minimum Gasteiger partial charge on any atom is -0.481 e. The molecule has 33 heavy (non-hydrogen) atoms. The number of benzene rings is 1. The first-order chi connectivity index (χ1) is 15.9. The van der Waals surface area contributed by atoms with Crippen LogP contribution in [0.4, 0.5) is 5.69 Å². The van der Waals surface area contributed by atoms with Crippen molar-refractivity contribution in [3.8, 4) is 0 Å². The molecular formula is C26H43NO6. The molecule has 7 heteroatoms. The molecule has 0 aromatic heterocycles. The third-order valence-corrected chi connectivity index (χ3v) is 6.06. The fraction of sp³-hybridized carbons (Fsp3) is 0.692. The van der Waals surface area contributed by atoms with Crippen molar-refractivity contribution in [1.82, 2.24) is 0 Å². The van der Waals surface area contributed by atoms with Gasteiger partial charge < -0.3 is 24.6 Å². The predicted octanol–water partition coefficient (Wildman–Crippen LogP) is 5.72. The van der Waals surface area contributed by atoms with Gasteiger partial charge >= 0.3 is 11.9 Å². The lowest BCUT2D eigenvalue weighted by Crippen LogP contribution is -2.49. The summed E-state index contributed by atoms with van der Waals surface area (Å²) < 4.78 is 10.4. The van der Waals surface area contributed by atoms with Crippen molar-refractivity contribution in [2.75, 3.05) is 19.1 Å². The third-order valence-electron chi connectivity index (χ3n) is 6.06. The number of hydrogen-bond acceptors (Lipinski definition) is 5. The lowest BCUT2D eigenvalue weighted by molar-refractivity contribution is -0.145. The van der Waals surface area contributed by atoms with Crippen molar-refractivity contribution in [3.05, 3.63) is 30.3 Å². The van der Waals surface area contributed by atoms with Crippen molar-refractivity contribution in [3.63, 3.8) is 0 Å². The van der Waals surface area contributed by atoms with E-state index in [1.807, 2.05) is 35.2 Å². The summed E-state index contributed by atoms with van der Waals surface area (Å²) in [6, 6.07) is 8.28. The average molecular weight is 466 g/mol. The number of carboxylic acids is 2. The number of para-hydroxylation sites is 1. The maximum absolute atomic E-state index is 12.0. The van der Waals surface area contributed by atoms with Gasteiger partial charge in [0.2, 0.25) is 0 Å². The van der Waals surface area contributed by atoms with E-state index in [1.165, 1.54) is 19.3 Å². The molecule has 0 saturated heterocycles. The van der Waals surface area contributed by atoms with Crippen molar-refractivity contribution in [1.29, 1.82) is 0 Å². The Morgan fingerprint density at radius 2 is 1.39 bits per heavy atom. The molecular weight excluding hydrogens is 422 g/mol. The third kappa shape index (κ3) is 11.5. The van der Waals surface area contributed by atoms with E-state index in [4.69, 9.17) is 9.47 Å². The molecule has 0 fully saturated rings. The highest BCUT2D eigenvalue weighted by Gasteiger charge is 2.33. The van der Waals surface area contributed by atoms with E-state index in [0.29, 0.717) is 0 Å². The molecule has 1 aromatic rings. The fourth-order valence-corrected chi connectivity index (χ4v) is 4.38. The fourth-order valence-electron chi connectivity index (χ4n) is 4.38. The second kappa shape index (κ2) is 17.4. The Bertz CT molecular complexity index is 649. The number of aliphatic carboxylic acids is 2. The minimum absolute atomic E-state index is 0.00197. The van der Waals surface area contributed by atoms with E-state index < -0.39 is 24.4 Å². The normalized spacial score (nSPS) is 13.1. The van der Waals surface area contributed by atoms with Gasteiger partial charge in [-0.3, -0.25) is 4.79 Å². The molecule has 2 N–H and O–H groups in total. The highest BCUT2D eigenvalue weighted by molar-refractivity contribution is 5.84. The first kappa shape index (κ1) is 28.9. The Kier molecular flexibility index (Phi) is 15.2. The maximum atomic E-state index is 12.0. The van der Waals surface area contributed by atoms with Crippen LogP contribution in [0.3, 0.4) is 0 Å². The Morgan fingerprint density at radius 3 is 1.88 bits per heavy atom. The summed E-state index contributed by atoms with van der Waals surface area (Å²) in [5.41, 5.74) is 0.773. The number of carbonyl (C=O) groups is 2. The first-order valence-electron chi connectivity index (χ1n) is 12.3. The van der Waals surface area contributed by atoms with Crippen LogP contribution in [-0.4, -0.2) is 54.7 Å². The molecule has 0 aliphatic rings. The quantitative estimate of drug-likeness (QED) is 0.188. The van der Waals surface area contributed by atoms with Gasteiger partial charge in [0.15, 0.2) is 6.29 Å². The predicted molar refractivity (Wildman–Crippen MR) is 131 cm³/mol. The van der Waals surface area contributed by atoms with Gasteiger partial charge in [-0.25, -0.2) is 4.79 Å². The van der Waals surface area contributed by atoms with Gasteiger partial charge in [0.25, 0.3) is 0 Å². The van der Waals surface area contributed by atoms with E-state index in [0.717, 1.165) is 57.1 Å². The summed E-state index contributed by atoms with van der Waals surface area (Å²) in [5.74, 6) is -2.19. The molecule has 188 valence electrons. The Balaban J connectivity index is 2.61. The number of rotatable bonds is 20. The number of unbranched alkanes of at least 4 members (excludes halogenated alkanes) is 6. The standard InChI is InChI=1S/C26H43NO6/c1-4-15-21(16-11-8-6-5-7-9-14-19-25(32-2)33-3)27(22-17-12-10-13-18-22)23(26(30)31)20-24(28)29/h10,12-13,17-18,21,23,25H,4-9,11,14-16,19-20H2,1-3H3,(H,28,29)(H,30,31)/t21?,23-/m0/s1. The Hall–Kier alpha value is -2.12. The molecule has 0 bridgehead atoms. The van der Waals surface area contributed by atoms with Crippen LogP contribution in [0.15, 0.2) is 30.3 Å². The number of anilines is 1. The van der Waals surface area contributed by atoms with Crippen LogP contribution in [-0.2, 0) is 19.1 Å². The minimum atomic E-state index is -1.10. The van der Waals surface area contributed by atoms with Crippen LogP contribution in [0.5, 0.6) is 0 Å². The Morgan fingerprint density at radius 1 is 0.848 bits per heavy atom. The van der Waals surface area contributed by atoms with Crippen molar-refractivity contribution < 1.29 is 29.3 Å². The van der Waals surface area contributed by atoms with E-state index in [-0.39, 0.29) is 12.3 Å². The van der Waals surface area contributed by atoms with Crippen molar-refractivity contribution in [2.45, 2.75) is 102 Å². The number of methoxy groups -OCH3 is 2. The molecule has 0 radical (unpaired) electrons. The van der Waals surface area contributed by atoms with Crippen LogP contribution in [0.25, 0.3) is 0 Å². The molecule has 0 heterocycles. The van der Waals surface area contributed by atoms with Gasteiger partial charge in [0, 0.05) is 25.9 Å². The van der Waals surface area contributed by atoms with Crippen LogP contribution < -0.4 is 4.90 Å². The van der Waals surface area contributed by atoms with E-state index in [2.05, 4.69) is 6.92 Å². The van der Waals surface area contributed by atoms with E-state index >= 15 is 0 Å². The first-order valence-corrected chi connectivity index (χ1v) is 12.3. The zero-order chi connectivity index (χ0) is 24.5. The number of hydrogen-bond donors (Lipinski definition) is 2. The van der Waals surface area contributed by atoms with Crippen LogP contribution >= 0.6 is 0 Å².